The van der Waals surface area contributed by atoms with E-state index in [-0.39, 0.29) is 6.04 Å². The third-order valence-electron chi connectivity index (χ3n) is 3.43. The van der Waals surface area contributed by atoms with Gasteiger partial charge in [-0.05, 0) is 45.1 Å². The summed E-state index contributed by atoms with van der Waals surface area (Å²) in [6.07, 6.45) is 1.08. The lowest BCUT2D eigenvalue weighted by Gasteiger charge is -2.24. The number of methoxy groups -OCH3 is 1. The monoisotopic (exact) mass is 306 g/mol. The van der Waals surface area contributed by atoms with Crippen LogP contribution in [-0.2, 0) is 0 Å². The molecule has 0 amide bonds. The number of ether oxygens (including phenoxy) is 1. The van der Waals surface area contributed by atoms with Crippen LogP contribution < -0.4 is 15.4 Å². The summed E-state index contributed by atoms with van der Waals surface area (Å²) in [5, 5.41) is 6.62. The highest BCUT2D eigenvalue weighted by molar-refractivity contribution is 5.79. The van der Waals surface area contributed by atoms with Gasteiger partial charge < -0.3 is 20.3 Å². The molecule has 0 aromatic heterocycles. The van der Waals surface area contributed by atoms with Crippen LogP contribution in [0.3, 0.4) is 0 Å². The molecule has 0 spiro atoms. The van der Waals surface area contributed by atoms with E-state index in [4.69, 9.17) is 9.73 Å². The minimum Gasteiger partial charge on any atom is -0.497 e. The Bertz CT molecular complexity index is 442. The van der Waals surface area contributed by atoms with Crippen LogP contribution in [0.4, 0.5) is 0 Å². The molecule has 0 saturated carbocycles. The van der Waals surface area contributed by atoms with E-state index < -0.39 is 0 Å². The van der Waals surface area contributed by atoms with Crippen molar-refractivity contribution in [3.05, 3.63) is 29.8 Å². The molecular weight excluding hydrogens is 276 g/mol. The van der Waals surface area contributed by atoms with Gasteiger partial charge in [-0.25, -0.2) is 0 Å². The van der Waals surface area contributed by atoms with Crippen molar-refractivity contribution >= 4 is 5.96 Å². The zero-order chi connectivity index (χ0) is 16.4. The zero-order valence-electron chi connectivity index (χ0n) is 14.5. The minimum absolute atomic E-state index is 0.239. The molecule has 5 nitrogen and oxygen atoms in total. The van der Waals surface area contributed by atoms with E-state index in [0.29, 0.717) is 6.54 Å². The Morgan fingerprint density at radius 2 is 1.86 bits per heavy atom. The molecule has 0 aliphatic heterocycles. The molecule has 0 fully saturated rings. The highest BCUT2D eigenvalue weighted by atomic mass is 16.5. The van der Waals surface area contributed by atoms with Crippen molar-refractivity contribution in [2.75, 3.05) is 40.8 Å². The number of aliphatic imine (C=N–C) groups is 1. The average Bonchev–Trinajstić information content (AvgIpc) is 2.53. The van der Waals surface area contributed by atoms with Crippen molar-refractivity contribution in [3.63, 3.8) is 0 Å². The van der Waals surface area contributed by atoms with Crippen molar-refractivity contribution in [1.82, 2.24) is 15.5 Å². The molecular formula is C17H30N4O. The van der Waals surface area contributed by atoms with E-state index in [9.17, 15) is 0 Å². The molecule has 0 heterocycles. The molecule has 0 saturated heterocycles. The molecule has 1 rings (SSSR count). The van der Waals surface area contributed by atoms with E-state index in [2.05, 4.69) is 55.6 Å². The van der Waals surface area contributed by atoms with Gasteiger partial charge in [-0.2, -0.15) is 0 Å². The number of rotatable bonds is 8. The van der Waals surface area contributed by atoms with Crippen LogP contribution in [0, 0.1) is 0 Å². The number of likely N-dealkylation sites (N-methyl/N-ethyl adjacent to an activating group) is 1. The molecule has 5 heteroatoms. The first-order chi connectivity index (χ1) is 10.6. The van der Waals surface area contributed by atoms with Gasteiger partial charge in [-0.3, -0.25) is 4.99 Å². The second kappa shape index (κ2) is 10.1. The molecule has 0 bridgehead atoms. The van der Waals surface area contributed by atoms with E-state index >= 15 is 0 Å². The summed E-state index contributed by atoms with van der Waals surface area (Å²) < 4.78 is 5.22. The highest BCUT2D eigenvalue weighted by Crippen LogP contribution is 2.21. The van der Waals surface area contributed by atoms with Crippen LogP contribution in [0.15, 0.2) is 29.3 Å². The van der Waals surface area contributed by atoms with Crippen molar-refractivity contribution in [2.24, 2.45) is 4.99 Å². The molecule has 1 unspecified atom stereocenters. The van der Waals surface area contributed by atoms with Gasteiger partial charge in [-0.1, -0.05) is 19.1 Å². The summed E-state index contributed by atoms with van der Waals surface area (Å²) in [7, 11) is 5.85. The standard InChI is InChI=1S/C17H30N4O/c1-6-12-19-17(18-7-2)20-13-16(21(3)4)14-8-10-15(22-5)11-9-14/h8-11,16H,6-7,12-13H2,1-5H3,(H2,18,19,20). The minimum atomic E-state index is 0.239. The second-order valence-corrected chi connectivity index (χ2v) is 5.40. The van der Waals surface area contributed by atoms with Crippen molar-refractivity contribution in [1.29, 1.82) is 0 Å². The first kappa shape index (κ1) is 18.3. The number of benzene rings is 1. The van der Waals surface area contributed by atoms with Crippen molar-refractivity contribution < 1.29 is 4.74 Å². The molecule has 1 aromatic rings. The number of nitrogens with one attached hydrogen (secondary N) is 2. The topological polar surface area (TPSA) is 48.9 Å². The van der Waals surface area contributed by atoms with Crippen molar-refractivity contribution in [2.45, 2.75) is 26.3 Å². The zero-order valence-corrected chi connectivity index (χ0v) is 14.5. The Hall–Kier alpha value is -1.75. The number of guanidine groups is 1. The van der Waals surface area contributed by atoms with Gasteiger partial charge in [0.1, 0.15) is 5.75 Å². The molecule has 2 N–H and O–H groups in total. The molecule has 22 heavy (non-hydrogen) atoms. The smallest absolute Gasteiger partial charge is 0.191 e. The number of nitrogens with zero attached hydrogens (tertiary/aromatic N) is 2. The summed E-state index contributed by atoms with van der Waals surface area (Å²) in [6.45, 7) is 6.73. The van der Waals surface area contributed by atoms with Crippen LogP contribution >= 0.6 is 0 Å². The number of hydrogen-bond acceptors (Lipinski definition) is 3. The molecule has 1 atom stereocenters. The van der Waals surface area contributed by atoms with Gasteiger partial charge in [0, 0.05) is 13.1 Å². The maximum Gasteiger partial charge on any atom is 0.191 e. The number of hydrogen-bond donors (Lipinski definition) is 2. The van der Waals surface area contributed by atoms with Crippen molar-refractivity contribution in [3.8, 4) is 5.75 Å². The van der Waals surface area contributed by atoms with Crippen LogP contribution in [-0.4, -0.2) is 51.7 Å². The third kappa shape index (κ3) is 5.93. The Balaban J connectivity index is 2.80. The summed E-state index contributed by atoms with van der Waals surface area (Å²) in [5.74, 6) is 1.76. The predicted molar refractivity (Wildman–Crippen MR) is 93.7 cm³/mol. The van der Waals surface area contributed by atoms with Gasteiger partial charge in [0.15, 0.2) is 5.96 Å². The Kier molecular flexibility index (Phi) is 8.36. The second-order valence-electron chi connectivity index (χ2n) is 5.40. The summed E-state index contributed by atoms with van der Waals surface area (Å²) >= 11 is 0. The Morgan fingerprint density at radius 1 is 1.18 bits per heavy atom. The molecule has 0 aliphatic carbocycles. The lowest BCUT2D eigenvalue weighted by atomic mass is 10.1. The average molecular weight is 306 g/mol. The Morgan fingerprint density at radius 3 is 2.36 bits per heavy atom. The Labute approximate surface area is 134 Å². The maximum absolute atomic E-state index is 5.22. The predicted octanol–water partition coefficient (Wildman–Crippen LogP) is 2.26. The fourth-order valence-electron chi connectivity index (χ4n) is 2.16. The summed E-state index contributed by atoms with van der Waals surface area (Å²) in [4.78, 5) is 6.90. The van der Waals surface area contributed by atoms with Gasteiger partial charge in [-0.15, -0.1) is 0 Å². The third-order valence-corrected chi connectivity index (χ3v) is 3.43. The first-order valence-corrected chi connectivity index (χ1v) is 7.94. The van der Waals surface area contributed by atoms with E-state index in [0.717, 1.165) is 31.2 Å². The molecule has 0 radical (unpaired) electrons. The largest absolute Gasteiger partial charge is 0.497 e. The maximum atomic E-state index is 5.22. The van der Waals surface area contributed by atoms with Crippen LogP contribution in [0.2, 0.25) is 0 Å². The first-order valence-electron chi connectivity index (χ1n) is 7.94. The lowest BCUT2D eigenvalue weighted by molar-refractivity contribution is 0.306. The summed E-state index contributed by atoms with van der Waals surface area (Å²) in [6, 6.07) is 8.44. The normalized spacial score (nSPS) is 13.1. The van der Waals surface area contributed by atoms with Gasteiger partial charge in [0.2, 0.25) is 0 Å². The fraction of sp³-hybridized carbons (Fsp3) is 0.588. The summed E-state index contributed by atoms with van der Waals surface area (Å²) in [5.41, 5.74) is 1.24. The van der Waals surface area contributed by atoms with Gasteiger partial charge in [0.05, 0.1) is 19.7 Å². The molecule has 0 aliphatic rings. The quantitative estimate of drug-likeness (QED) is 0.571. The lowest BCUT2D eigenvalue weighted by Crippen LogP contribution is -2.38. The van der Waals surface area contributed by atoms with Crippen LogP contribution in [0.1, 0.15) is 31.9 Å². The van der Waals surface area contributed by atoms with E-state index in [1.165, 1.54) is 5.56 Å². The van der Waals surface area contributed by atoms with Crippen LogP contribution in [0.5, 0.6) is 5.75 Å². The van der Waals surface area contributed by atoms with Gasteiger partial charge >= 0.3 is 0 Å². The SMILES string of the molecule is CCCNC(=NCC(c1ccc(OC)cc1)N(C)C)NCC. The van der Waals surface area contributed by atoms with Gasteiger partial charge in [0.25, 0.3) is 0 Å². The highest BCUT2D eigenvalue weighted by Gasteiger charge is 2.14. The van der Waals surface area contributed by atoms with Crippen LogP contribution in [0.25, 0.3) is 0 Å². The fourth-order valence-corrected chi connectivity index (χ4v) is 2.16. The molecule has 1 aromatic carbocycles. The van der Waals surface area contributed by atoms with E-state index in [1.54, 1.807) is 7.11 Å². The van der Waals surface area contributed by atoms with E-state index in [1.807, 2.05) is 12.1 Å². The molecule has 124 valence electrons.